The van der Waals surface area contributed by atoms with Crippen LogP contribution in [0.15, 0.2) is 35.3 Å². The van der Waals surface area contributed by atoms with Crippen molar-refractivity contribution in [1.29, 1.82) is 0 Å². The molecule has 0 saturated carbocycles. The number of rotatable bonds is 4. The summed E-state index contributed by atoms with van der Waals surface area (Å²) >= 11 is 0. The molecule has 1 aliphatic heterocycles. The molecule has 3 rings (SSSR count). The highest BCUT2D eigenvalue weighted by molar-refractivity contribution is 5.98. The minimum absolute atomic E-state index is 0.0429. The number of piperazine rings is 1. The lowest BCUT2D eigenvalue weighted by Crippen LogP contribution is -2.52. The molecule has 0 unspecified atom stereocenters. The Morgan fingerprint density at radius 1 is 1.11 bits per heavy atom. The first-order chi connectivity index (χ1) is 13.5. The quantitative estimate of drug-likeness (QED) is 0.797. The second kappa shape index (κ2) is 8.55. The molecule has 148 valence electrons. The first-order valence-electron chi connectivity index (χ1n) is 9.09. The van der Waals surface area contributed by atoms with Crippen molar-refractivity contribution in [3.8, 4) is 0 Å². The second-order valence-corrected chi connectivity index (χ2v) is 6.33. The molecule has 1 aromatic heterocycles. The molecular formula is C19H22N4O5. The molecule has 9 nitrogen and oxygen atoms in total. The van der Waals surface area contributed by atoms with Crippen LogP contribution in [-0.2, 0) is 9.53 Å². The number of para-hydroxylation sites is 1. The number of aromatic nitrogens is 1. The number of aromatic amines is 1. The predicted octanol–water partition coefficient (Wildman–Crippen LogP) is 0.559. The zero-order chi connectivity index (χ0) is 20.1. The zero-order valence-corrected chi connectivity index (χ0v) is 15.6. The van der Waals surface area contributed by atoms with E-state index < -0.39 is 12.0 Å². The average Bonchev–Trinajstić information content (AvgIpc) is 2.72. The highest BCUT2D eigenvalue weighted by Gasteiger charge is 2.25. The van der Waals surface area contributed by atoms with Crippen LogP contribution in [0.1, 0.15) is 17.3 Å². The molecule has 0 spiro atoms. The average molecular weight is 386 g/mol. The number of benzene rings is 1. The SMILES string of the molecule is CCOC(=O)N1CCN(C(=O)CNC(=O)c2c[nH]c3ccccc3c2=O)CC1. The van der Waals surface area contributed by atoms with Gasteiger partial charge < -0.3 is 24.8 Å². The smallest absolute Gasteiger partial charge is 0.409 e. The topological polar surface area (TPSA) is 112 Å². The standard InChI is InChI=1S/C19H22N4O5/c1-2-28-19(27)23-9-7-22(8-10-23)16(24)12-21-18(26)14-11-20-15-6-4-3-5-13(15)17(14)25/h3-6,11H,2,7-10,12H2,1H3,(H,20,25)(H,21,26). The summed E-state index contributed by atoms with van der Waals surface area (Å²) in [7, 11) is 0. The van der Waals surface area contributed by atoms with Crippen LogP contribution in [-0.4, -0.2) is 72.0 Å². The third-order valence-corrected chi connectivity index (χ3v) is 4.59. The van der Waals surface area contributed by atoms with Gasteiger partial charge in [-0.05, 0) is 19.1 Å². The van der Waals surface area contributed by atoms with Gasteiger partial charge in [-0.1, -0.05) is 12.1 Å². The van der Waals surface area contributed by atoms with E-state index in [1.165, 1.54) is 6.20 Å². The lowest BCUT2D eigenvalue weighted by Gasteiger charge is -2.34. The van der Waals surface area contributed by atoms with E-state index in [9.17, 15) is 19.2 Å². The normalized spacial score (nSPS) is 14.0. The highest BCUT2D eigenvalue weighted by atomic mass is 16.6. The van der Waals surface area contributed by atoms with Crippen LogP contribution < -0.4 is 10.7 Å². The molecule has 1 fully saturated rings. The number of pyridine rings is 1. The maximum Gasteiger partial charge on any atom is 0.409 e. The molecular weight excluding hydrogens is 364 g/mol. The number of nitrogens with one attached hydrogen (secondary N) is 2. The van der Waals surface area contributed by atoms with Crippen LogP contribution >= 0.6 is 0 Å². The largest absolute Gasteiger partial charge is 0.450 e. The molecule has 3 amide bonds. The van der Waals surface area contributed by atoms with E-state index in [-0.39, 0.29) is 23.4 Å². The molecule has 0 aliphatic carbocycles. The fourth-order valence-corrected chi connectivity index (χ4v) is 3.05. The third-order valence-electron chi connectivity index (χ3n) is 4.59. The van der Waals surface area contributed by atoms with Gasteiger partial charge in [0, 0.05) is 43.3 Å². The molecule has 9 heteroatoms. The summed E-state index contributed by atoms with van der Waals surface area (Å²) < 4.78 is 4.94. The Bertz CT molecular complexity index is 947. The van der Waals surface area contributed by atoms with Gasteiger partial charge in [0.15, 0.2) is 0 Å². The van der Waals surface area contributed by atoms with Crippen molar-refractivity contribution >= 4 is 28.8 Å². The molecule has 28 heavy (non-hydrogen) atoms. The summed E-state index contributed by atoms with van der Waals surface area (Å²) in [6, 6.07) is 6.90. The van der Waals surface area contributed by atoms with Gasteiger partial charge in [0.1, 0.15) is 5.56 Å². The van der Waals surface area contributed by atoms with Gasteiger partial charge in [0.05, 0.1) is 13.2 Å². The van der Waals surface area contributed by atoms with Crippen molar-refractivity contribution in [2.45, 2.75) is 6.92 Å². The van der Waals surface area contributed by atoms with Gasteiger partial charge in [-0.25, -0.2) is 4.79 Å². The molecule has 2 N–H and O–H groups in total. The minimum atomic E-state index is -0.606. The van der Waals surface area contributed by atoms with E-state index in [1.54, 1.807) is 41.0 Å². The van der Waals surface area contributed by atoms with Gasteiger partial charge in [0.25, 0.3) is 5.91 Å². The van der Waals surface area contributed by atoms with Crippen molar-refractivity contribution in [3.05, 3.63) is 46.2 Å². The van der Waals surface area contributed by atoms with Crippen molar-refractivity contribution < 1.29 is 19.1 Å². The number of amides is 3. The Hall–Kier alpha value is -3.36. The van der Waals surface area contributed by atoms with E-state index in [4.69, 9.17) is 4.74 Å². The molecule has 0 radical (unpaired) electrons. The van der Waals surface area contributed by atoms with Crippen molar-refractivity contribution in [2.24, 2.45) is 0 Å². The fourth-order valence-electron chi connectivity index (χ4n) is 3.05. The third kappa shape index (κ3) is 4.13. The summed E-state index contributed by atoms with van der Waals surface area (Å²) in [4.78, 5) is 54.8. The molecule has 2 aromatic rings. The summed E-state index contributed by atoms with van der Waals surface area (Å²) in [5, 5.41) is 2.91. The maximum absolute atomic E-state index is 12.4. The summed E-state index contributed by atoms with van der Waals surface area (Å²) in [5.74, 6) is -0.875. The molecule has 1 saturated heterocycles. The number of hydrogen-bond acceptors (Lipinski definition) is 5. The zero-order valence-electron chi connectivity index (χ0n) is 15.6. The Balaban J connectivity index is 1.55. The van der Waals surface area contributed by atoms with E-state index in [0.717, 1.165) is 0 Å². The van der Waals surface area contributed by atoms with Crippen molar-refractivity contribution in [2.75, 3.05) is 39.3 Å². The summed E-state index contributed by atoms with van der Waals surface area (Å²) in [6.45, 7) is 3.31. The Morgan fingerprint density at radius 3 is 2.50 bits per heavy atom. The van der Waals surface area contributed by atoms with Crippen molar-refractivity contribution in [3.63, 3.8) is 0 Å². The summed E-state index contributed by atoms with van der Waals surface area (Å²) in [6.07, 6.45) is 0.959. The predicted molar refractivity (Wildman–Crippen MR) is 102 cm³/mol. The van der Waals surface area contributed by atoms with Crippen LogP contribution in [0, 0.1) is 0 Å². The Morgan fingerprint density at radius 2 is 1.79 bits per heavy atom. The molecule has 0 atom stereocenters. The Labute approximate surface area is 161 Å². The lowest BCUT2D eigenvalue weighted by molar-refractivity contribution is -0.131. The minimum Gasteiger partial charge on any atom is -0.450 e. The van der Waals surface area contributed by atoms with Gasteiger partial charge in [0.2, 0.25) is 11.3 Å². The van der Waals surface area contributed by atoms with Crippen LogP contribution in [0.25, 0.3) is 10.9 Å². The lowest BCUT2D eigenvalue weighted by atomic mass is 10.1. The van der Waals surface area contributed by atoms with Crippen LogP contribution in [0.4, 0.5) is 4.79 Å². The van der Waals surface area contributed by atoms with E-state index in [2.05, 4.69) is 10.3 Å². The first-order valence-corrected chi connectivity index (χ1v) is 9.09. The van der Waals surface area contributed by atoms with Crippen LogP contribution in [0.3, 0.4) is 0 Å². The van der Waals surface area contributed by atoms with Gasteiger partial charge in [-0.15, -0.1) is 0 Å². The monoisotopic (exact) mass is 386 g/mol. The fraction of sp³-hybridized carbons (Fsp3) is 0.368. The number of fused-ring (bicyclic) bond motifs is 1. The molecule has 2 heterocycles. The number of hydrogen-bond donors (Lipinski definition) is 2. The summed E-state index contributed by atoms with van der Waals surface area (Å²) in [5.41, 5.74) is 0.209. The molecule has 1 aliphatic rings. The van der Waals surface area contributed by atoms with Gasteiger partial charge >= 0.3 is 6.09 Å². The van der Waals surface area contributed by atoms with Crippen LogP contribution in [0.2, 0.25) is 0 Å². The number of H-pyrrole nitrogens is 1. The number of ether oxygens (including phenoxy) is 1. The van der Waals surface area contributed by atoms with Crippen LogP contribution in [0.5, 0.6) is 0 Å². The van der Waals surface area contributed by atoms with Crippen molar-refractivity contribution in [1.82, 2.24) is 20.1 Å². The number of nitrogens with zero attached hydrogens (tertiary/aromatic N) is 2. The van der Waals surface area contributed by atoms with E-state index >= 15 is 0 Å². The highest BCUT2D eigenvalue weighted by Crippen LogP contribution is 2.07. The van der Waals surface area contributed by atoms with Gasteiger partial charge in [-0.2, -0.15) is 0 Å². The molecule has 1 aromatic carbocycles. The van der Waals surface area contributed by atoms with E-state index in [0.29, 0.717) is 43.7 Å². The maximum atomic E-state index is 12.4. The van der Waals surface area contributed by atoms with E-state index in [1.807, 2.05) is 0 Å². The number of carbonyl (C=O) groups is 3. The molecule has 0 bridgehead atoms. The van der Waals surface area contributed by atoms with Gasteiger partial charge in [-0.3, -0.25) is 14.4 Å². The first kappa shape index (κ1) is 19.4. The second-order valence-electron chi connectivity index (χ2n) is 6.33. The number of carbonyl (C=O) groups excluding carboxylic acids is 3. The Kier molecular flexibility index (Phi) is 5.93.